The van der Waals surface area contributed by atoms with Crippen molar-refractivity contribution in [2.45, 2.75) is 123 Å². The highest BCUT2D eigenvalue weighted by molar-refractivity contribution is 7.14. The van der Waals surface area contributed by atoms with E-state index in [1.807, 2.05) is 15.8 Å². The molecule has 1 amide bonds. The Morgan fingerprint density at radius 1 is 1.16 bits per heavy atom. The lowest BCUT2D eigenvalue weighted by Crippen LogP contribution is -2.46. The lowest BCUT2D eigenvalue weighted by molar-refractivity contribution is -0.123. The maximum absolute atomic E-state index is 14.3. The molecule has 2 aromatic heterocycles. The smallest absolute Gasteiger partial charge is 0.350 e. The molecule has 0 aromatic carbocycles. The molecule has 2 fully saturated rings. The first kappa shape index (κ1) is 28.8. The quantitative estimate of drug-likeness (QED) is 0.290. The van der Waals surface area contributed by atoms with Gasteiger partial charge in [0.1, 0.15) is 4.88 Å². The average Bonchev–Trinajstić information content (AvgIpc) is 3.60. The number of nitrogens with zero attached hydrogens (tertiary/aromatic N) is 4. The van der Waals surface area contributed by atoms with Crippen LogP contribution in [-0.4, -0.2) is 40.0 Å². The Morgan fingerprint density at radius 3 is 2.45 bits per heavy atom. The van der Waals surface area contributed by atoms with Gasteiger partial charge in [0.05, 0.1) is 25.0 Å². The number of thiophene rings is 1. The van der Waals surface area contributed by atoms with Gasteiger partial charge in [-0.25, -0.2) is 9.48 Å². The van der Waals surface area contributed by atoms with Gasteiger partial charge in [0.15, 0.2) is 0 Å². The molecular weight excluding hydrogens is 496 g/mol. The number of anilines is 1. The van der Waals surface area contributed by atoms with E-state index in [4.69, 9.17) is 4.74 Å². The van der Waals surface area contributed by atoms with E-state index < -0.39 is 0 Å². The zero-order valence-electron chi connectivity index (χ0n) is 23.9. The number of aromatic nitrogens is 3. The third-order valence-corrected chi connectivity index (χ3v) is 10.2. The van der Waals surface area contributed by atoms with Crippen LogP contribution in [0.5, 0.6) is 0 Å². The fourth-order valence-corrected chi connectivity index (χ4v) is 7.58. The Labute approximate surface area is 232 Å². The molecule has 0 spiro atoms. The van der Waals surface area contributed by atoms with Gasteiger partial charge >= 0.3 is 5.97 Å². The van der Waals surface area contributed by atoms with E-state index in [-0.39, 0.29) is 23.8 Å². The second-order valence-electron chi connectivity index (χ2n) is 12.1. The van der Waals surface area contributed by atoms with E-state index in [0.29, 0.717) is 22.3 Å². The molecule has 8 heteroatoms. The fraction of sp³-hybridized carbons (Fsp3) is 0.733. The summed E-state index contributed by atoms with van der Waals surface area (Å²) in [5, 5.41) is 8.20. The van der Waals surface area contributed by atoms with Crippen LogP contribution in [0, 0.1) is 11.3 Å². The highest BCUT2D eigenvalue weighted by Crippen LogP contribution is 2.47. The molecule has 2 aliphatic rings. The van der Waals surface area contributed by atoms with Gasteiger partial charge in [0.2, 0.25) is 5.91 Å². The number of unbranched alkanes of at least 4 members (excludes halogenated alkanes) is 1. The van der Waals surface area contributed by atoms with Crippen molar-refractivity contribution in [3.63, 3.8) is 0 Å². The van der Waals surface area contributed by atoms with Crippen LogP contribution >= 0.6 is 11.3 Å². The van der Waals surface area contributed by atoms with Crippen molar-refractivity contribution < 1.29 is 14.3 Å². The summed E-state index contributed by atoms with van der Waals surface area (Å²) >= 11 is 1.55. The minimum Gasteiger partial charge on any atom is -0.465 e. The molecule has 2 aliphatic carbocycles. The normalized spacial score (nSPS) is 22.7. The van der Waals surface area contributed by atoms with Crippen molar-refractivity contribution in [2.75, 3.05) is 12.0 Å². The van der Waals surface area contributed by atoms with Gasteiger partial charge in [-0.05, 0) is 81.6 Å². The second-order valence-corrected chi connectivity index (χ2v) is 13.2. The number of ether oxygens (including phenoxy) is 1. The van der Waals surface area contributed by atoms with Crippen molar-refractivity contribution in [1.82, 2.24) is 15.0 Å². The first-order chi connectivity index (χ1) is 18.3. The first-order valence-electron chi connectivity index (χ1n) is 14.7. The molecule has 38 heavy (non-hydrogen) atoms. The third kappa shape index (κ3) is 6.49. The minimum atomic E-state index is -0.330. The first-order valence-corrected chi connectivity index (χ1v) is 15.5. The number of hydrogen-bond acceptors (Lipinski definition) is 6. The third-order valence-electron chi connectivity index (χ3n) is 8.94. The summed E-state index contributed by atoms with van der Waals surface area (Å²) in [7, 11) is 1.44. The van der Waals surface area contributed by atoms with Gasteiger partial charge in [-0.3, -0.25) is 4.79 Å². The number of amides is 1. The van der Waals surface area contributed by atoms with Gasteiger partial charge in [-0.2, -0.15) is 0 Å². The Morgan fingerprint density at radius 2 is 1.87 bits per heavy atom. The maximum atomic E-state index is 14.3. The minimum absolute atomic E-state index is 0.0349. The largest absolute Gasteiger partial charge is 0.465 e. The van der Waals surface area contributed by atoms with E-state index >= 15 is 0 Å². The molecule has 4 rings (SSSR count). The summed E-state index contributed by atoms with van der Waals surface area (Å²) in [6, 6.07) is 2.54. The van der Waals surface area contributed by atoms with Crippen LogP contribution in [0.25, 0.3) is 0 Å². The molecule has 0 saturated heterocycles. The topological polar surface area (TPSA) is 77.3 Å². The predicted molar refractivity (Wildman–Crippen MR) is 153 cm³/mol. The predicted octanol–water partition coefficient (Wildman–Crippen LogP) is 7.54. The number of carbonyl (C=O) groups is 2. The van der Waals surface area contributed by atoms with E-state index in [1.165, 1.54) is 24.8 Å². The number of hydrogen-bond donors (Lipinski definition) is 0. The Hall–Kier alpha value is -2.22. The van der Waals surface area contributed by atoms with Gasteiger partial charge in [0, 0.05) is 23.0 Å². The van der Waals surface area contributed by atoms with Crippen molar-refractivity contribution >= 4 is 28.9 Å². The highest BCUT2D eigenvalue weighted by Gasteiger charge is 2.38. The van der Waals surface area contributed by atoms with Crippen molar-refractivity contribution in [2.24, 2.45) is 11.3 Å². The van der Waals surface area contributed by atoms with E-state index in [2.05, 4.69) is 44.1 Å². The van der Waals surface area contributed by atoms with Gasteiger partial charge < -0.3 is 9.64 Å². The Balaban J connectivity index is 1.67. The van der Waals surface area contributed by atoms with Crippen LogP contribution in [0.15, 0.2) is 18.5 Å². The van der Waals surface area contributed by atoms with Crippen LogP contribution in [0.3, 0.4) is 0 Å². The van der Waals surface area contributed by atoms with Crippen molar-refractivity contribution in [1.29, 1.82) is 0 Å². The summed E-state index contributed by atoms with van der Waals surface area (Å²) in [6.45, 7) is 8.98. The lowest BCUT2D eigenvalue weighted by atomic mass is 9.73. The van der Waals surface area contributed by atoms with E-state index in [0.717, 1.165) is 69.9 Å². The molecule has 0 aliphatic heterocycles. The average molecular weight is 543 g/mol. The van der Waals surface area contributed by atoms with E-state index in [1.54, 1.807) is 17.5 Å². The number of esters is 1. The molecule has 2 saturated carbocycles. The van der Waals surface area contributed by atoms with Crippen LogP contribution in [0.4, 0.5) is 5.69 Å². The summed E-state index contributed by atoms with van der Waals surface area (Å²) in [5.74, 6) is 0.243. The molecule has 210 valence electrons. The summed E-state index contributed by atoms with van der Waals surface area (Å²) < 4.78 is 7.21. The molecule has 0 N–H and O–H groups in total. The Bertz CT molecular complexity index is 1050. The van der Waals surface area contributed by atoms with Crippen LogP contribution in [-0.2, 0) is 9.53 Å². The van der Waals surface area contributed by atoms with Crippen molar-refractivity contribution in [3.05, 3.63) is 28.2 Å². The summed E-state index contributed by atoms with van der Waals surface area (Å²) in [6.07, 6.45) is 15.7. The molecular formula is C30H46N4O3S. The van der Waals surface area contributed by atoms with Crippen molar-refractivity contribution in [3.8, 4) is 0 Å². The van der Waals surface area contributed by atoms with Gasteiger partial charge in [-0.15, -0.1) is 16.4 Å². The molecule has 0 radical (unpaired) electrons. The van der Waals surface area contributed by atoms with Gasteiger partial charge in [-0.1, -0.05) is 45.7 Å². The SMILES string of the molecule is CCCCC(CC)C(=O)N(c1cc(C2CCC(C)(C)CC2)sc1C(=O)OC)C1CCC(n2ccnn2)CC1. The molecule has 2 heterocycles. The fourth-order valence-electron chi connectivity index (χ4n) is 6.34. The van der Waals surface area contributed by atoms with Crippen LogP contribution < -0.4 is 4.90 Å². The Kier molecular flexibility index (Phi) is 9.66. The zero-order chi connectivity index (χ0) is 27.3. The molecule has 2 aromatic rings. The summed E-state index contributed by atoms with van der Waals surface area (Å²) in [4.78, 5) is 31.2. The molecule has 7 nitrogen and oxygen atoms in total. The lowest BCUT2D eigenvalue weighted by Gasteiger charge is -2.38. The van der Waals surface area contributed by atoms with Gasteiger partial charge in [0.25, 0.3) is 0 Å². The number of rotatable bonds is 10. The zero-order valence-corrected chi connectivity index (χ0v) is 24.8. The monoisotopic (exact) mass is 542 g/mol. The standard InChI is InChI=1S/C30H46N4O3S/c1-6-8-9-21(7-2)28(35)34(24-12-10-23(11-13-24)33-19-18-31-32-33)25-20-26(38-27(25)29(36)37-5)22-14-16-30(3,4)17-15-22/h18-24H,6-17H2,1-5H3. The summed E-state index contributed by atoms with van der Waals surface area (Å²) in [5.41, 5.74) is 1.16. The highest BCUT2D eigenvalue weighted by atomic mass is 32.1. The maximum Gasteiger partial charge on any atom is 0.350 e. The molecule has 1 atom stereocenters. The van der Waals surface area contributed by atoms with E-state index in [9.17, 15) is 9.59 Å². The second kappa shape index (κ2) is 12.8. The number of methoxy groups -OCH3 is 1. The van der Waals surface area contributed by atoms with Crippen LogP contribution in [0.1, 0.15) is 131 Å². The number of carbonyl (C=O) groups excluding carboxylic acids is 2. The van der Waals surface area contributed by atoms with Crippen LogP contribution in [0.2, 0.25) is 0 Å². The molecule has 0 bridgehead atoms. The molecule has 1 unspecified atom stereocenters.